The molecule has 0 aliphatic rings. The lowest BCUT2D eigenvalue weighted by atomic mass is 10.1. The van der Waals surface area contributed by atoms with Crippen LogP contribution in [0.2, 0.25) is 0 Å². The van der Waals surface area contributed by atoms with Crippen LogP contribution in [-0.2, 0) is 4.79 Å². The predicted octanol–water partition coefficient (Wildman–Crippen LogP) is 4.02. The molecular weight excluding hydrogens is 262 g/mol. The fourth-order valence-corrected chi connectivity index (χ4v) is 2.21. The second-order valence-corrected chi connectivity index (χ2v) is 5.39. The molecule has 1 atom stereocenters. The minimum absolute atomic E-state index is 0.150. The molecule has 0 radical (unpaired) electrons. The number of benzene rings is 2. The van der Waals surface area contributed by atoms with Gasteiger partial charge in [-0.25, -0.2) is 0 Å². The summed E-state index contributed by atoms with van der Waals surface area (Å²) in [6.45, 7) is 7.74. The summed E-state index contributed by atoms with van der Waals surface area (Å²) in [7, 11) is 0. The molecule has 21 heavy (non-hydrogen) atoms. The number of ether oxygens (including phenoxy) is 1. The number of nitrogens with one attached hydrogen (secondary N) is 1. The molecule has 0 fully saturated rings. The first-order valence-electron chi connectivity index (χ1n) is 7.07. The third-order valence-electron chi connectivity index (χ3n) is 3.28. The summed E-state index contributed by atoms with van der Waals surface area (Å²) in [6.07, 6.45) is -0.550. The van der Waals surface area contributed by atoms with E-state index in [2.05, 4.69) is 11.4 Å². The van der Waals surface area contributed by atoms with Gasteiger partial charge in [-0.1, -0.05) is 24.3 Å². The van der Waals surface area contributed by atoms with Gasteiger partial charge in [0.2, 0.25) is 0 Å². The van der Waals surface area contributed by atoms with Gasteiger partial charge in [0.05, 0.1) is 0 Å². The standard InChI is InChI=1S/C18H21NO2/c1-12-9-13(2)11-16(10-12)21-15(4)18(20)19-17-8-6-5-7-14(17)3/h5-11,15H,1-4H3,(H,19,20)/t15-/m0/s1. The molecule has 0 heterocycles. The first-order valence-corrected chi connectivity index (χ1v) is 7.07. The van der Waals surface area contributed by atoms with Crippen molar-refractivity contribution in [3.8, 4) is 5.75 Å². The van der Waals surface area contributed by atoms with Crippen LogP contribution in [0, 0.1) is 20.8 Å². The highest BCUT2D eigenvalue weighted by Gasteiger charge is 2.15. The second-order valence-electron chi connectivity index (χ2n) is 5.39. The number of amides is 1. The number of aryl methyl sites for hydroxylation is 3. The van der Waals surface area contributed by atoms with E-state index in [0.717, 1.165) is 28.1 Å². The van der Waals surface area contributed by atoms with Gasteiger partial charge in [-0.2, -0.15) is 0 Å². The zero-order valence-electron chi connectivity index (χ0n) is 12.9. The monoisotopic (exact) mass is 283 g/mol. The maximum absolute atomic E-state index is 12.2. The Morgan fingerprint density at radius 2 is 1.67 bits per heavy atom. The molecule has 0 aliphatic heterocycles. The van der Waals surface area contributed by atoms with Crippen LogP contribution in [0.15, 0.2) is 42.5 Å². The third-order valence-corrected chi connectivity index (χ3v) is 3.28. The summed E-state index contributed by atoms with van der Waals surface area (Å²) in [5.74, 6) is 0.573. The first-order chi connectivity index (χ1) is 9.95. The number of carbonyl (C=O) groups is 1. The number of hydrogen-bond acceptors (Lipinski definition) is 2. The van der Waals surface area contributed by atoms with E-state index in [-0.39, 0.29) is 5.91 Å². The van der Waals surface area contributed by atoms with Gasteiger partial charge in [0, 0.05) is 5.69 Å². The quantitative estimate of drug-likeness (QED) is 0.920. The van der Waals surface area contributed by atoms with Gasteiger partial charge >= 0.3 is 0 Å². The van der Waals surface area contributed by atoms with E-state index in [1.165, 1.54) is 0 Å². The summed E-state index contributed by atoms with van der Waals surface area (Å²) in [5, 5.41) is 2.90. The molecule has 3 heteroatoms. The highest BCUT2D eigenvalue weighted by molar-refractivity contribution is 5.94. The normalized spacial score (nSPS) is 11.8. The lowest BCUT2D eigenvalue weighted by Gasteiger charge is -2.16. The van der Waals surface area contributed by atoms with Crippen LogP contribution >= 0.6 is 0 Å². The van der Waals surface area contributed by atoms with Crippen LogP contribution in [-0.4, -0.2) is 12.0 Å². The molecular formula is C18H21NO2. The second kappa shape index (κ2) is 6.44. The molecule has 1 amide bonds. The lowest BCUT2D eigenvalue weighted by molar-refractivity contribution is -0.122. The van der Waals surface area contributed by atoms with E-state index < -0.39 is 6.10 Å². The Kier molecular flexibility index (Phi) is 4.63. The van der Waals surface area contributed by atoms with Crippen LogP contribution in [0.25, 0.3) is 0 Å². The number of para-hydroxylation sites is 1. The fourth-order valence-electron chi connectivity index (χ4n) is 2.21. The van der Waals surface area contributed by atoms with Gasteiger partial charge in [-0.15, -0.1) is 0 Å². The Hall–Kier alpha value is -2.29. The molecule has 0 bridgehead atoms. The molecule has 0 saturated carbocycles. The van der Waals surface area contributed by atoms with Crippen molar-refractivity contribution in [2.75, 3.05) is 5.32 Å². The maximum Gasteiger partial charge on any atom is 0.265 e. The van der Waals surface area contributed by atoms with Crippen LogP contribution in [0.5, 0.6) is 5.75 Å². The van der Waals surface area contributed by atoms with E-state index in [0.29, 0.717) is 0 Å². The van der Waals surface area contributed by atoms with Crippen molar-refractivity contribution < 1.29 is 9.53 Å². The lowest BCUT2D eigenvalue weighted by Crippen LogP contribution is -2.30. The van der Waals surface area contributed by atoms with Crippen molar-refractivity contribution in [2.45, 2.75) is 33.8 Å². The molecule has 0 aliphatic carbocycles. The number of rotatable bonds is 4. The van der Waals surface area contributed by atoms with E-state index in [4.69, 9.17) is 4.74 Å². The minimum Gasteiger partial charge on any atom is -0.481 e. The molecule has 0 unspecified atom stereocenters. The van der Waals surface area contributed by atoms with E-state index >= 15 is 0 Å². The largest absolute Gasteiger partial charge is 0.481 e. The Morgan fingerprint density at radius 3 is 2.29 bits per heavy atom. The summed E-state index contributed by atoms with van der Waals surface area (Å²) in [4.78, 5) is 12.2. The molecule has 2 rings (SSSR count). The average molecular weight is 283 g/mol. The maximum atomic E-state index is 12.2. The van der Waals surface area contributed by atoms with Gasteiger partial charge in [-0.05, 0) is 62.6 Å². The topological polar surface area (TPSA) is 38.3 Å². The summed E-state index contributed by atoms with van der Waals surface area (Å²) >= 11 is 0. The van der Waals surface area contributed by atoms with Crippen molar-refractivity contribution in [3.05, 3.63) is 59.2 Å². The predicted molar refractivity (Wildman–Crippen MR) is 85.8 cm³/mol. The molecule has 2 aromatic rings. The van der Waals surface area contributed by atoms with E-state index in [1.54, 1.807) is 6.92 Å². The van der Waals surface area contributed by atoms with Crippen molar-refractivity contribution in [1.82, 2.24) is 0 Å². The average Bonchev–Trinajstić information content (AvgIpc) is 2.40. The van der Waals surface area contributed by atoms with Crippen LogP contribution in [0.4, 0.5) is 5.69 Å². The molecule has 0 aromatic heterocycles. The highest BCUT2D eigenvalue weighted by atomic mass is 16.5. The Morgan fingerprint density at radius 1 is 1.05 bits per heavy atom. The molecule has 1 N–H and O–H groups in total. The van der Waals surface area contributed by atoms with E-state index in [9.17, 15) is 4.79 Å². The van der Waals surface area contributed by atoms with Crippen LogP contribution < -0.4 is 10.1 Å². The molecule has 110 valence electrons. The van der Waals surface area contributed by atoms with Crippen molar-refractivity contribution in [3.63, 3.8) is 0 Å². The van der Waals surface area contributed by atoms with Gasteiger partial charge in [0.15, 0.2) is 6.10 Å². The smallest absolute Gasteiger partial charge is 0.265 e. The molecule has 3 nitrogen and oxygen atoms in total. The first kappa shape index (κ1) is 15.1. The summed E-state index contributed by atoms with van der Waals surface area (Å²) < 4.78 is 5.74. The van der Waals surface area contributed by atoms with Crippen molar-refractivity contribution in [1.29, 1.82) is 0 Å². The Bertz CT molecular complexity index is 629. The summed E-state index contributed by atoms with van der Waals surface area (Å²) in [5.41, 5.74) is 4.09. The van der Waals surface area contributed by atoms with Gasteiger partial charge in [0.25, 0.3) is 5.91 Å². The Labute approximate surface area is 126 Å². The van der Waals surface area contributed by atoms with E-state index in [1.807, 2.05) is 57.2 Å². The van der Waals surface area contributed by atoms with Gasteiger partial charge in [0.1, 0.15) is 5.75 Å². The summed E-state index contributed by atoms with van der Waals surface area (Å²) in [6, 6.07) is 13.6. The SMILES string of the molecule is Cc1cc(C)cc(O[C@@H](C)C(=O)Nc2ccccc2C)c1. The molecule has 0 spiro atoms. The van der Waals surface area contributed by atoms with Crippen molar-refractivity contribution >= 4 is 11.6 Å². The Balaban J connectivity index is 2.04. The number of hydrogen-bond donors (Lipinski definition) is 1. The molecule has 0 saturated heterocycles. The highest BCUT2D eigenvalue weighted by Crippen LogP contribution is 2.19. The third kappa shape index (κ3) is 4.09. The van der Waals surface area contributed by atoms with Crippen molar-refractivity contribution in [2.24, 2.45) is 0 Å². The van der Waals surface area contributed by atoms with Crippen LogP contribution in [0.1, 0.15) is 23.6 Å². The van der Waals surface area contributed by atoms with Crippen LogP contribution in [0.3, 0.4) is 0 Å². The molecule has 2 aromatic carbocycles. The minimum atomic E-state index is -0.550. The fraction of sp³-hybridized carbons (Fsp3) is 0.278. The van der Waals surface area contributed by atoms with Gasteiger partial charge < -0.3 is 10.1 Å². The zero-order valence-corrected chi connectivity index (χ0v) is 12.9. The number of carbonyl (C=O) groups excluding carboxylic acids is 1. The van der Waals surface area contributed by atoms with Gasteiger partial charge in [-0.3, -0.25) is 4.79 Å². The zero-order chi connectivity index (χ0) is 15.4. The number of anilines is 1.